The summed E-state index contributed by atoms with van der Waals surface area (Å²) in [5, 5.41) is 17.7. The first-order valence-corrected chi connectivity index (χ1v) is 6.30. The Bertz CT molecular complexity index is 677. The Kier molecular flexibility index (Phi) is 3.83. The molecule has 5 heteroatoms. The van der Waals surface area contributed by atoms with Gasteiger partial charge in [0.05, 0.1) is 11.6 Å². The van der Waals surface area contributed by atoms with Gasteiger partial charge in [-0.2, -0.15) is 5.26 Å². The van der Waals surface area contributed by atoms with Gasteiger partial charge in [0.2, 0.25) is 0 Å². The van der Waals surface area contributed by atoms with E-state index in [0.29, 0.717) is 5.56 Å². The topological polar surface area (TPSA) is 74.0 Å². The highest BCUT2D eigenvalue weighted by atomic mass is 32.2. The molecule has 0 fully saturated rings. The fourth-order valence-corrected chi connectivity index (χ4v) is 2.50. The number of nitrogens with zero attached hydrogens (tertiary/aromatic N) is 2. The highest BCUT2D eigenvalue weighted by Gasteiger charge is 2.06. The van der Waals surface area contributed by atoms with E-state index in [1.165, 1.54) is 24.0 Å². The molecule has 0 aliphatic rings. The van der Waals surface area contributed by atoms with Crippen LogP contribution in [0.4, 0.5) is 0 Å². The van der Waals surface area contributed by atoms with Crippen LogP contribution in [0.2, 0.25) is 0 Å². The fourth-order valence-electron chi connectivity index (χ4n) is 1.55. The predicted octanol–water partition coefficient (Wildman–Crippen LogP) is 3.11. The molecule has 2 rings (SSSR count). The molecule has 4 nitrogen and oxygen atoms in total. The van der Waals surface area contributed by atoms with Gasteiger partial charge >= 0.3 is 5.97 Å². The summed E-state index contributed by atoms with van der Waals surface area (Å²) >= 11 is 1.44. The van der Waals surface area contributed by atoms with E-state index in [0.717, 1.165) is 15.4 Å². The van der Waals surface area contributed by atoms with Crippen molar-refractivity contribution in [2.24, 2.45) is 0 Å². The lowest BCUT2D eigenvalue weighted by molar-refractivity contribution is 0.0690. The van der Waals surface area contributed by atoms with Crippen LogP contribution in [0.5, 0.6) is 0 Å². The highest BCUT2D eigenvalue weighted by Crippen LogP contribution is 2.29. The van der Waals surface area contributed by atoms with Crippen molar-refractivity contribution in [1.82, 2.24) is 4.98 Å². The molecule has 1 heterocycles. The summed E-state index contributed by atoms with van der Waals surface area (Å²) in [6.45, 7) is 1.87. The van der Waals surface area contributed by atoms with Crippen LogP contribution >= 0.6 is 11.8 Å². The zero-order valence-corrected chi connectivity index (χ0v) is 10.9. The maximum absolute atomic E-state index is 10.8. The first-order valence-electron chi connectivity index (χ1n) is 5.48. The van der Waals surface area contributed by atoms with Crippen LogP contribution in [0.25, 0.3) is 0 Å². The molecule has 0 aliphatic carbocycles. The van der Waals surface area contributed by atoms with Crippen LogP contribution in [-0.4, -0.2) is 16.1 Å². The van der Waals surface area contributed by atoms with Crippen LogP contribution in [0.3, 0.4) is 0 Å². The van der Waals surface area contributed by atoms with Crippen molar-refractivity contribution >= 4 is 17.7 Å². The monoisotopic (exact) mass is 270 g/mol. The maximum atomic E-state index is 10.8. The molecule has 94 valence electrons. The van der Waals surface area contributed by atoms with E-state index >= 15 is 0 Å². The van der Waals surface area contributed by atoms with Crippen LogP contribution in [0, 0.1) is 18.3 Å². The molecular formula is C14H10N2O2S. The minimum Gasteiger partial charge on any atom is -0.477 e. The number of aryl methyl sites for hydroxylation is 1. The lowest BCUT2D eigenvalue weighted by Gasteiger charge is -2.04. The summed E-state index contributed by atoms with van der Waals surface area (Å²) in [7, 11) is 0. The average Bonchev–Trinajstić information content (AvgIpc) is 2.39. The van der Waals surface area contributed by atoms with Gasteiger partial charge in [0.15, 0.2) is 0 Å². The summed E-state index contributed by atoms with van der Waals surface area (Å²) < 4.78 is 0. The summed E-state index contributed by atoms with van der Waals surface area (Å²) in [5.41, 5.74) is 1.57. The largest absolute Gasteiger partial charge is 0.477 e. The fraction of sp³-hybridized carbons (Fsp3) is 0.0714. The van der Waals surface area contributed by atoms with Crippen LogP contribution < -0.4 is 0 Å². The Morgan fingerprint density at radius 2 is 2.05 bits per heavy atom. The van der Waals surface area contributed by atoms with E-state index in [1.54, 1.807) is 12.1 Å². The lowest BCUT2D eigenvalue weighted by atomic mass is 10.1. The second-order valence-electron chi connectivity index (χ2n) is 3.87. The van der Waals surface area contributed by atoms with Crippen molar-refractivity contribution in [3.8, 4) is 6.07 Å². The summed E-state index contributed by atoms with van der Waals surface area (Å²) in [5.74, 6) is -1.04. The second kappa shape index (κ2) is 5.55. The SMILES string of the molecule is Cc1cc(Sc2ccnc(C(=O)O)c2)ccc1C#N. The number of pyridine rings is 1. The van der Waals surface area contributed by atoms with Crippen LogP contribution in [0.15, 0.2) is 46.3 Å². The number of aromatic nitrogens is 1. The first kappa shape index (κ1) is 13.1. The zero-order valence-electron chi connectivity index (χ0n) is 10.1. The van der Waals surface area contributed by atoms with E-state index in [4.69, 9.17) is 10.4 Å². The third-order valence-corrected chi connectivity index (χ3v) is 3.48. The summed E-state index contributed by atoms with van der Waals surface area (Å²) in [4.78, 5) is 16.4. The van der Waals surface area contributed by atoms with E-state index in [-0.39, 0.29) is 5.69 Å². The van der Waals surface area contributed by atoms with Gasteiger partial charge in [-0.05, 0) is 42.8 Å². The number of hydrogen-bond acceptors (Lipinski definition) is 4. The molecule has 0 amide bonds. The Morgan fingerprint density at radius 3 is 2.68 bits per heavy atom. The minimum absolute atomic E-state index is 0.0235. The van der Waals surface area contributed by atoms with Crippen molar-refractivity contribution in [3.63, 3.8) is 0 Å². The smallest absolute Gasteiger partial charge is 0.354 e. The maximum Gasteiger partial charge on any atom is 0.354 e. The van der Waals surface area contributed by atoms with Crippen molar-refractivity contribution in [2.75, 3.05) is 0 Å². The van der Waals surface area contributed by atoms with E-state index in [9.17, 15) is 4.79 Å². The highest BCUT2D eigenvalue weighted by molar-refractivity contribution is 7.99. The lowest BCUT2D eigenvalue weighted by Crippen LogP contribution is -1.99. The Hall–Kier alpha value is -2.32. The number of rotatable bonds is 3. The molecule has 0 radical (unpaired) electrons. The molecule has 0 aliphatic heterocycles. The number of nitriles is 1. The number of aromatic carboxylic acids is 1. The molecule has 2 aromatic rings. The molecule has 0 bridgehead atoms. The predicted molar refractivity (Wildman–Crippen MR) is 71.2 cm³/mol. The van der Waals surface area contributed by atoms with Crippen molar-refractivity contribution < 1.29 is 9.90 Å². The Morgan fingerprint density at radius 1 is 1.32 bits per heavy atom. The molecule has 0 atom stereocenters. The third kappa shape index (κ3) is 3.12. The van der Waals surface area contributed by atoms with Gasteiger partial charge in [-0.15, -0.1) is 0 Å². The van der Waals surface area contributed by atoms with Gasteiger partial charge < -0.3 is 5.11 Å². The molecule has 0 spiro atoms. The second-order valence-corrected chi connectivity index (χ2v) is 5.02. The number of carboxylic acid groups (broad SMARTS) is 1. The van der Waals surface area contributed by atoms with E-state index in [1.807, 2.05) is 19.1 Å². The number of hydrogen-bond donors (Lipinski definition) is 1. The first-order chi connectivity index (χ1) is 9.10. The van der Waals surface area contributed by atoms with Crippen molar-refractivity contribution in [1.29, 1.82) is 5.26 Å². The average molecular weight is 270 g/mol. The molecule has 0 unspecified atom stereocenters. The number of carboxylic acids is 1. The van der Waals surface area contributed by atoms with Gasteiger partial charge in [-0.25, -0.2) is 9.78 Å². The normalized spacial score (nSPS) is 9.89. The number of carbonyl (C=O) groups is 1. The molecule has 1 aromatic heterocycles. The zero-order chi connectivity index (χ0) is 13.8. The van der Waals surface area contributed by atoms with Gasteiger partial charge in [0.1, 0.15) is 5.69 Å². The molecule has 0 saturated heterocycles. The van der Waals surface area contributed by atoms with Crippen LogP contribution in [-0.2, 0) is 0 Å². The number of benzene rings is 1. The van der Waals surface area contributed by atoms with Crippen LogP contribution in [0.1, 0.15) is 21.6 Å². The molecular weight excluding hydrogens is 260 g/mol. The van der Waals surface area contributed by atoms with E-state index < -0.39 is 5.97 Å². The Labute approximate surface area is 114 Å². The van der Waals surface area contributed by atoms with Gasteiger partial charge in [-0.3, -0.25) is 0 Å². The van der Waals surface area contributed by atoms with Crippen molar-refractivity contribution in [2.45, 2.75) is 16.7 Å². The Balaban J connectivity index is 2.26. The van der Waals surface area contributed by atoms with Crippen molar-refractivity contribution in [3.05, 3.63) is 53.3 Å². The summed E-state index contributed by atoms with van der Waals surface area (Å²) in [6.07, 6.45) is 1.47. The molecule has 1 aromatic carbocycles. The molecule has 1 N–H and O–H groups in total. The molecule has 0 saturated carbocycles. The standard InChI is InChI=1S/C14H10N2O2S/c1-9-6-11(3-2-10(9)8-15)19-12-4-5-16-13(7-12)14(17)18/h2-7H,1H3,(H,17,18). The molecule has 19 heavy (non-hydrogen) atoms. The van der Waals surface area contributed by atoms with Gasteiger partial charge in [-0.1, -0.05) is 11.8 Å². The third-order valence-electron chi connectivity index (χ3n) is 2.50. The van der Waals surface area contributed by atoms with E-state index in [2.05, 4.69) is 11.1 Å². The van der Waals surface area contributed by atoms with Gasteiger partial charge in [0.25, 0.3) is 0 Å². The quantitative estimate of drug-likeness (QED) is 0.927. The van der Waals surface area contributed by atoms with Gasteiger partial charge in [0, 0.05) is 16.0 Å². The summed E-state index contributed by atoms with van der Waals surface area (Å²) in [6, 6.07) is 10.9. The minimum atomic E-state index is -1.04.